The van der Waals surface area contributed by atoms with Crippen molar-refractivity contribution < 1.29 is 0 Å². The van der Waals surface area contributed by atoms with Crippen LogP contribution in [0.4, 0.5) is 5.95 Å². The van der Waals surface area contributed by atoms with Crippen molar-refractivity contribution in [1.29, 1.82) is 0 Å². The second kappa shape index (κ2) is 4.84. The Hall–Kier alpha value is -1.88. The van der Waals surface area contributed by atoms with Gasteiger partial charge in [0.25, 0.3) is 0 Å². The highest BCUT2D eigenvalue weighted by atomic mass is 15.4. The topological polar surface area (TPSA) is 56.8 Å². The second-order valence-electron chi connectivity index (χ2n) is 6.23. The molecule has 5 heteroatoms. The summed E-state index contributed by atoms with van der Waals surface area (Å²) in [4.78, 5) is 7.08. The third-order valence-electron chi connectivity index (χ3n) is 4.65. The van der Waals surface area contributed by atoms with Crippen LogP contribution < -0.4 is 10.2 Å². The molecule has 21 heavy (non-hydrogen) atoms. The van der Waals surface area contributed by atoms with E-state index in [1.165, 1.54) is 5.56 Å². The Morgan fingerprint density at radius 1 is 1.24 bits per heavy atom. The summed E-state index contributed by atoms with van der Waals surface area (Å²) in [5, 5.41) is 11.1. The molecule has 2 aliphatic rings. The van der Waals surface area contributed by atoms with Gasteiger partial charge in [-0.05, 0) is 25.3 Å². The first kappa shape index (κ1) is 12.8. The van der Waals surface area contributed by atoms with Gasteiger partial charge in [0, 0.05) is 25.7 Å². The van der Waals surface area contributed by atoms with Gasteiger partial charge >= 0.3 is 0 Å². The first-order chi connectivity index (χ1) is 10.3. The van der Waals surface area contributed by atoms with Gasteiger partial charge in [-0.3, -0.25) is 5.10 Å². The number of aromatic amines is 1. The first-order valence-corrected chi connectivity index (χ1v) is 7.75. The van der Waals surface area contributed by atoms with Crippen molar-refractivity contribution in [2.75, 3.05) is 24.5 Å². The van der Waals surface area contributed by atoms with Gasteiger partial charge in [-0.25, -0.2) is 0 Å². The highest BCUT2D eigenvalue weighted by Gasteiger charge is 2.49. The molecule has 0 radical (unpaired) electrons. The number of hydrogen-bond donors (Lipinski definition) is 2. The normalized spacial score (nSPS) is 24.0. The van der Waals surface area contributed by atoms with E-state index in [2.05, 4.69) is 57.7 Å². The van der Waals surface area contributed by atoms with Crippen molar-refractivity contribution in [2.24, 2.45) is 0 Å². The van der Waals surface area contributed by atoms with Crippen molar-refractivity contribution in [1.82, 2.24) is 20.5 Å². The van der Waals surface area contributed by atoms with Crippen LogP contribution >= 0.6 is 0 Å². The summed E-state index contributed by atoms with van der Waals surface area (Å²) in [5.41, 5.74) is 1.42. The SMILES string of the molecule is C[C@@H]1CN(c2n[nH]c(C3(c4ccccc4)CC3)n2)CCN1. The van der Waals surface area contributed by atoms with Gasteiger partial charge in [-0.15, -0.1) is 5.10 Å². The van der Waals surface area contributed by atoms with Crippen LogP contribution in [0.3, 0.4) is 0 Å². The molecule has 0 amide bonds. The van der Waals surface area contributed by atoms with Crippen LogP contribution in [-0.2, 0) is 5.41 Å². The Morgan fingerprint density at radius 2 is 2.05 bits per heavy atom. The quantitative estimate of drug-likeness (QED) is 0.900. The lowest BCUT2D eigenvalue weighted by Gasteiger charge is -2.30. The van der Waals surface area contributed by atoms with Crippen LogP contribution in [0.2, 0.25) is 0 Å². The zero-order chi connectivity index (χ0) is 14.3. The molecule has 0 unspecified atom stereocenters. The van der Waals surface area contributed by atoms with Crippen molar-refractivity contribution >= 4 is 5.95 Å². The van der Waals surface area contributed by atoms with Crippen LogP contribution in [0, 0.1) is 0 Å². The predicted molar refractivity (Wildman–Crippen MR) is 82.5 cm³/mol. The van der Waals surface area contributed by atoms with Gasteiger partial charge in [0.05, 0.1) is 5.41 Å². The number of benzene rings is 1. The van der Waals surface area contributed by atoms with E-state index in [1.807, 2.05) is 0 Å². The number of anilines is 1. The molecule has 1 aromatic carbocycles. The largest absolute Gasteiger partial charge is 0.337 e. The Bertz CT molecular complexity index is 617. The summed E-state index contributed by atoms with van der Waals surface area (Å²) in [7, 11) is 0. The van der Waals surface area contributed by atoms with E-state index in [4.69, 9.17) is 4.98 Å². The minimum atomic E-state index is 0.0756. The van der Waals surface area contributed by atoms with Crippen LogP contribution in [0.25, 0.3) is 0 Å². The molecular formula is C16H21N5. The summed E-state index contributed by atoms with van der Waals surface area (Å²) < 4.78 is 0. The van der Waals surface area contributed by atoms with E-state index in [0.717, 1.165) is 44.2 Å². The number of hydrogen-bond acceptors (Lipinski definition) is 4. The maximum Gasteiger partial charge on any atom is 0.244 e. The highest BCUT2D eigenvalue weighted by molar-refractivity contribution is 5.41. The van der Waals surface area contributed by atoms with Crippen LogP contribution in [0.5, 0.6) is 0 Å². The molecule has 1 saturated heterocycles. The van der Waals surface area contributed by atoms with Crippen LogP contribution in [0.1, 0.15) is 31.2 Å². The molecule has 4 rings (SSSR count). The van der Waals surface area contributed by atoms with Gasteiger partial charge in [-0.2, -0.15) is 4.98 Å². The first-order valence-electron chi connectivity index (χ1n) is 7.75. The average molecular weight is 283 g/mol. The number of rotatable bonds is 3. The fourth-order valence-electron chi connectivity index (χ4n) is 3.27. The van der Waals surface area contributed by atoms with Gasteiger partial charge in [0.15, 0.2) is 0 Å². The number of aromatic nitrogens is 3. The van der Waals surface area contributed by atoms with Crippen LogP contribution in [-0.4, -0.2) is 40.9 Å². The zero-order valence-corrected chi connectivity index (χ0v) is 12.3. The molecule has 0 spiro atoms. The molecule has 1 aliphatic carbocycles. The summed E-state index contributed by atoms with van der Waals surface area (Å²) in [5.74, 6) is 1.87. The van der Waals surface area contributed by atoms with E-state index in [1.54, 1.807) is 0 Å². The average Bonchev–Trinajstić information content (AvgIpc) is 3.18. The Balaban J connectivity index is 1.60. The van der Waals surface area contributed by atoms with Crippen molar-refractivity contribution in [3.8, 4) is 0 Å². The van der Waals surface area contributed by atoms with Gasteiger partial charge in [-0.1, -0.05) is 30.3 Å². The number of nitrogens with one attached hydrogen (secondary N) is 2. The van der Waals surface area contributed by atoms with Crippen molar-refractivity contribution in [2.45, 2.75) is 31.2 Å². The summed E-state index contributed by atoms with van der Waals surface area (Å²) >= 11 is 0. The van der Waals surface area contributed by atoms with Gasteiger partial charge in [0.1, 0.15) is 5.82 Å². The molecular weight excluding hydrogens is 262 g/mol. The molecule has 1 aliphatic heterocycles. The molecule has 2 N–H and O–H groups in total. The van der Waals surface area contributed by atoms with Gasteiger partial charge < -0.3 is 10.2 Å². The standard InChI is InChI=1S/C16H21N5/c1-12-11-21(10-9-17-12)15-18-14(19-20-15)16(7-8-16)13-5-3-2-4-6-13/h2-6,12,17H,7-11H2,1H3,(H,18,19,20)/t12-/m1/s1. The van der Waals surface area contributed by atoms with E-state index in [0.29, 0.717) is 6.04 Å². The molecule has 110 valence electrons. The third-order valence-corrected chi connectivity index (χ3v) is 4.65. The summed E-state index contributed by atoms with van der Waals surface area (Å²) in [6.07, 6.45) is 2.31. The molecule has 1 atom stereocenters. The lowest BCUT2D eigenvalue weighted by Crippen LogP contribution is -2.49. The number of piperazine rings is 1. The summed E-state index contributed by atoms with van der Waals surface area (Å²) in [6.45, 7) is 5.14. The fourth-order valence-corrected chi connectivity index (χ4v) is 3.27. The molecule has 1 saturated carbocycles. The van der Waals surface area contributed by atoms with E-state index >= 15 is 0 Å². The van der Waals surface area contributed by atoms with Crippen molar-refractivity contribution in [3.63, 3.8) is 0 Å². The number of nitrogens with zero attached hydrogens (tertiary/aromatic N) is 3. The molecule has 2 aromatic rings. The monoisotopic (exact) mass is 283 g/mol. The molecule has 2 heterocycles. The molecule has 0 bridgehead atoms. The molecule has 1 aromatic heterocycles. The highest BCUT2D eigenvalue weighted by Crippen LogP contribution is 2.52. The van der Waals surface area contributed by atoms with Gasteiger partial charge in [0.2, 0.25) is 5.95 Å². The van der Waals surface area contributed by atoms with E-state index in [-0.39, 0.29) is 5.41 Å². The zero-order valence-electron chi connectivity index (χ0n) is 12.3. The lowest BCUT2D eigenvalue weighted by molar-refractivity contribution is 0.479. The maximum atomic E-state index is 4.81. The fraction of sp³-hybridized carbons (Fsp3) is 0.500. The third kappa shape index (κ3) is 2.21. The van der Waals surface area contributed by atoms with E-state index in [9.17, 15) is 0 Å². The van der Waals surface area contributed by atoms with E-state index < -0.39 is 0 Å². The minimum Gasteiger partial charge on any atom is -0.337 e. The smallest absolute Gasteiger partial charge is 0.244 e. The Labute approximate surface area is 124 Å². The van der Waals surface area contributed by atoms with Crippen molar-refractivity contribution in [3.05, 3.63) is 41.7 Å². The summed E-state index contributed by atoms with van der Waals surface area (Å²) in [6, 6.07) is 11.2. The Kier molecular flexibility index (Phi) is 2.96. The number of H-pyrrole nitrogens is 1. The molecule has 2 fully saturated rings. The Morgan fingerprint density at radius 3 is 2.76 bits per heavy atom. The second-order valence-corrected chi connectivity index (χ2v) is 6.23. The maximum absolute atomic E-state index is 4.81. The van der Waals surface area contributed by atoms with Crippen LogP contribution in [0.15, 0.2) is 30.3 Å². The predicted octanol–water partition coefficient (Wildman–Crippen LogP) is 1.68. The minimum absolute atomic E-state index is 0.0756. The lowest BCUT2D eigenvalue weighted by atomic mass is 9.95. The molecule has 5 nitrogen and oxygen atoms in total.